The van der Waals surface area contributed by atoms with Crippen molar-refractivity contribution in [3.63, 3.8) is 0 Å². The minimum absolute atomic E-state index is 0.00866. The van der Waals surface area contributed by atoms with E-state index in [0.717, 1.165) is 12.8 Å². The van der Waals surface area contributed by atoms with Crippen LogP contribution in [-0.2, 0) is 9.59 Å². The molecular formula is C17H26N2O2. The predicted molar refractivity (Wildman–Crippen MR) is 81.5 cm³/mol. The second kappa shape index (κ2) is 4.85. The molecule has 0 unspecified atom stereocenters. The monoisotopic (exact) mass is 290 g/mol. The molecule has 2 aliphatic carbocycles. The summed E-state index contributed by atoms with van der Waals surface area (Å²) in [6.07, 6.45) is 4.94. The van der Waals surface area contributed by atoms with Gasteiger partial charge in [-0.1, -0.05) is 25.5 Å². The normalized spacial score (nSPS) is 33.8. The van der Waals surface area contributed by atoms with E-state index in [-0.39, 0.29) is 29.2 Å². The second-order valence-corrected chi connectivity index (χ2v) is 7.76. The number of carbonyl (C=O) groups excluding carboxylic acids is 2. The molecule has 0 radical (unpaired) electrons. The summed E-state index contributed by atoms with van der Waals surface area (Å²) in [5.41, 5.74) is 1.31. The summed E-state index contributed by atoms with van der Waals surface area (Å²) in [5, 5.41) is 3.11. The van der Waals surface area contributed by atoms with Crippen molar-refractivity contribution in [2.24, 2.45) is 17.3 Å². The molecule has 3 atom stereocenters. The van der Waals surface area contributed by atoms with Gasteiger partial charge < -0.3 is 10.2 Å². The van der Waals surface area contributed by atoms with Crippen LogP contribution in [0.5, 0.6) is 0 Å². The largest absolute Gasteiger partial charge is 0.351 e. The average Bonchev–Trinajstić information content (AvgIpc) is 3.22. The number of amides is 2. The molecule has 3 fully saturated rings. The van der Waals surface area contributed by atoms with Crippen LogP contribution >= 0.6 is 0 Å². The van der Waals surface area contributed by atoms with Crippen LogP contribution in [0, 0.1) is 17.3 Å². The highest BCUT2D eigenvalue weighted by atomic mass is 16.2. The number of likely N-dealkylation sites (tertiary alicyclic amines) is 1. The Balaban J connectivity index is 1.58. The maximum absolute atomic E-state index is 12.5. The van der Waals surface area contributed by atoms with Gasteiger partial charge >= 0.3 is 0 Å². The summed E-state index contributed by atoms with van der Waals surface area (Å²) in [6.45, 7) is 9.16. The van der Waals surface area contributed by atoms with Crippen molar-refractivity contribution in [1.82, 2.24) is 10.2 Å². The quantitative estimate of drug-likeness (QED) is 0.806. The Kier molecular flexibility index (Phi) is 3.38. The molecule has 1 N–H and O–H groups in total. The van der Waals surface area contributed by atoms with E-state index in [9.17, 15) is 9.59 Å². The van der Waals surface area contributed by atoms with Gasteiger partial charge in [0.2, 0.25) is 11.8 Å². The molecule has 1 saturated heterocycles. The van der Waals surface area contributed by atoms with Crippen LogP contribution in [-0.4, -0.2) is 35.3 Å². The van der Waals surface area contributed by atoms with Crippen molar-refractivity contribution in [2.45, 2.75) is 59.0 Å². The highest BCUT2D eigenvalue weighted by Crippen LogP contribution is 2.59. The Morgan fingerprint density at radius 1 is 1.33 bits per heavy atom. The number of nitrogens with one attached hydrogen (secondary N) is 1. The van der Waals surface area contributed by atoms with Crippen LogP contribution in [0.25, 0.3) is 0 Å². The summed E-state index contributed by atoms with van der Waals surface area (Å²) < 4.78 is 0. The first kappa shape index (κ1) is 14.6. The Morgan fingerprint density at radius 2 is 2.00 bits per heavy atom. The van der Waals surface area contributed by atoms with Crippen LogP contribution in [0.2, 0.25) is 0 Å². The molecule has 2 amide bonds. The number of hydrogen-bond acceptors (Lipinski definition) is 2. The Hall–Kier alpha value is -1.32. The van der Waals surface area contributed by atoms with Crippen LogP contribution in [0.4, 0.5) is 0 Å². The molecule has 0 aromatic heterocycles. The minimum atomic E-state index is 0.00866. The molecule has 4 nitrogen and oxygen atoms in total. The van der Waals surface area contributed by atoms with Gasteiger partial charge in [-0.3, -0.25) is 9.59 Å². The zero-order valence-electron chi connectivity index (χ0n) is 13.5. The molecule has 0 aromatic rings. The van der Waals surface area contributed by atoms with Crippen molar-refractivity contribution >= 4 is 11.8 Å². The Bertz CT molecular complexity index is 501. The summed E-state index contributed by atoms with van der Waals surface area (Å²) in [7, 11) is 0. The maximum atomic E-state index is 12.5. The lowest BCUT2D eigenvalue weighted by atomic mass is 10.1. The average molecular weight is 290 g/mol. The van der Waals surface area contributed by atoms with E-state index in [2.05, 4.69) is 39.1 Å². The highest BCUT2D eigenvalue weighted by molar-refractivity contribution is 5.86. The summed E-state index contributed by atoms with van der Waals surface area (Å²) >= 11 is 0. The van der Waals surface area contributed by atoms with Crippen molar-refractivity contribution in [1.29, 1.82) is 0 Å². The zero-order chi connectivity index (χ0) is 15.4. The standard InChI is InChI=1S/C17H26N2O2/c1-10(2)7-13-15(17(13,3)4)16(21)18-11-8-14(20)19(9-11)12-5-6-12/h7,11-13,15H,5-6,8-9H2,1-4H3,(H,18,21)/t11-,13+,15-/m0/s1. The van der Waals surface area contributed by atoms with Gasteiger partial charge in [0.15, 0.2) is 0 Å². The number of nitrogens with zero attached hydrogens (tertiary/aromatic N) is 1. The molecule has 0 aromatic carbocycles. The molecular weight excluding hydrogens is 264 g/mol. The van der Waals surface area contributed by atoms with E-state index in [1.54, 1.807) is 0 Å². The molecule has 2 saturated carbocycles. The molecule has 0 spiro atoms. The van der Waals surface area contributed by atoms with E-state index in [1.165, 1.54) is 5.57 Å². The number of carbonyl (C=O) groups is 2. The van der Waals surface area contributed by atoms with Crippen LogP contribution in [0.3, 0.4) is 0 Å². The van der Waals surface area contributed by atoms with Gasteiger partial charge in [0, 0.05) is 19.0 Å². The van der Waals surface area contributed by atoms with Crippen molar-refractivity contribution < 1.29 is 9.59 Å². The molecule has 21 heavy (non-hydrogen) atoms. The first-order valence-corrected chi connectivity index (χ1v) is 8.05. The van der Waals surface area contributed by atoms with Crippen molar-refractivity contribution in [3.05, 3.63) is 11.6 Å². The third kappa shape index (κ3) is 2.72. The van der Waals surface area contributed by atoms with Crippen LogP contribution < -0.4 is 5.32 Å². The zero-order valence-corrected chi connectivity index (χ0v) is 13.5. The fourth-order valence-electron chi connectivity index (χ4n) is 3.71. The number of allylic oxidation sites excluding steroid dienone is 2. The van der Waals surface area contributed by atoms with Gasteiger partial charge in [0.25, 0.3) is 0 Å². The molecule has 3 aliphatic rings. The van der Waals surface area contributed by atoms with E-state index >= 15 is 0 Å². The highest BCUT2D eigenvalue weighted by Gasteiger charge is 2.60. The lowest BCUT2D eigenvalue weighted by Gasteiger charge is -2.16. The van der Waals surface area contributed by atoms with E-state index in [1.807, 2.05) is 4.90 Å². The van der Waals surface area contributed by atoms with Gasteiger partial charge in [0.1, 0.15) is 0 Å². The molecule has 1 aliphatic heterocycles. The SMILES string of the molecule is CC(C)=C[C@@H]1[C@@H](C(=O)N[C@H]2CC(=O)N(C3CC3)C2)C1(C)C. The van der Waals surface area contributed by atoms with E-state index in [4.69, 9.17) is 0 Å². The van der Waals surface area contributed by atoms with Gasteiger partial charge in [-0.05, 0) is 38.0 Å². The molecule has 4 heteroatoms. The molecule has 116 valence electrons. The minimum Gasteiger partial charge on any atom is -0.351 e. The van der Waals surface area contributed by atoms with Crippen molar-refractivity contribution in [2.75, 3.05) is 6.54 Å². The Labute approximate surface area is 127 Å². The maximum Gasteiger partial charge on any atom is 0.225 e. The topological polar surface area (TPSA) is 49.4 Å². The van der Waals surface area contributed by atoms with Gasteiger partial charge in [-0.2, -0.15) is 0 Å². The van der Waals surface area contributed by atoms with Crippen LogP contribution in [0.15, 0.2) is 11.6 Å². The third-order valence-corrected chi connectivity index (χ3v) is 5.20. The molecule has 0 bridgehead atoms. The lowest BCUT2D eigenvalue weighted by Crippen LogP contribution is -2.39. The van der Waals surface area contributed by atoms with Gasteiger partial charge in [0.05, 0.1) is 12.0 Å². The van der Waals surface area contributed by atoms with E-state index in [0.29, 0.717) is 24.9 Å². The predicted octanol–water partition coefficient (Wildman–Crippen LogP) is 2.10. The fourth-order valence-corrected chi connectivity index (χ4v) is 3.71. The number of hydrogen-bond donors (Lipinski definition) is 1. The van der Waals surface area contributed by atoms with Crippen molar-refractivity contribution in [3.8, 4) is 0 Å². The molecule has 1 heterocycles. The smallest absolute Gasteiger partial charge is 0.225 e. The number of rotatable bonds is 4. The molecule has 3 rings (SSSR count). The van der Waals surface area contributed by atoms with Crippen LogP contribution in [0.1, 0.15) is 47.0 Å². The van der Waals surface area contributed by atoms with Gasteiger partial charge in [-0.25, -0.2) is 0 Å². The first-order chi connectivity index (χ1) is 9.80. The van der Waals surface area contributed by atoms with E-state index < -0.39 is 0 Å². The second-order valence-electron chi connectivity index (χ2n) is 7.76. The van der Waals surface area contributed by atoms with Gasteiger partial charge in [-0.15, -0.1) is 0 Å². The fraction of sp³-hybridized carbons (Fsp3) is 0.765. The lowest BCUT2D eigenvalue weighted by molar-refractivity contribution is -0.128. The summed E-state index contributed by atoms with van der Waals surface area (Å²) in [5.74, 6) is 0.716. The first-order valence-electron chi connectivity index (χ1n) is 8.05. The summed E-state index contributed by atoms with van der Waals surface area (Å²) in [6, 6.07) is 0.463. The third-order valence-electron chi connectivity index (χ3n) is 5.20. The summed E-state index contributed by atoms with van der Waals surface area (Å²) in [4.78, 5) is 26.4. The Morgan fingerprint density at radius 3 is 2.57 bits per heavy atom.